The van der Waals surface area contributed by atoms with Crippen LogP contribution < -0.4 is 15.0 Å². The number of aromatic nitrogens is 2. The van der Waals surface area contributed by atoms with E-state index in [-0.39, 0.29) is 5.91 Å². The predicted molar refractivity (Wildman–Crippen MR) is 153 cm³/mol. The van der Waals surface area contributed by atoms with Gasteiger partial charge in [-0.3, -0.25) is 4.79 Å². The van der Waals surface area contributed by atoms with Crippen molar-refractivity contribution in [1.29, 1.82) is 0 Å². The van der Waals surface area contributed by atoms with Crippen LogP contribution >= 0.6 is 11.6 Å². The number of nitrogens with one attached hydrogen (secondary N) is 1. The van der Waals surface area contributed by atoms with Crippen molar-refractivity contribution in [1.82, 2.24) is 20.2 Å². The molecule has 1 aromatic carbocycles. The minimum atomic E-state index is -0.0837. The van der Waals surface area contributed by atoms with E-state index in [1.54, 1.807) is 13.2 Å². The predicted octanol–water partition coefficient (Wildman–Crippen LogP) is 5.44. The zero-order valence-corrected chi connectivity index (χ0v) is 23.5. The first-order valence-corrected chi connectivity index (χ1v) is 13.7. The number of carbonyl (C=O) groups is 1. The molecular formula is C30H38ClN5O2. The molecule has 1 N–H and O–H groups in total. The zero-order chi connectivity index (χ0) is 27.1. The molecule has 1 saturated heterocycles. The molecule has 1 amide bonds. The van der Waals surface area contributed by atoms with Gasteiger partial charge in [0.15, 0.2) is 0 Å². The van der Waals surface area contributed by atoms with E-state index >= 15 is 0 Å². The van der Waals surface area contributed by atoms with Crippen molar-refractivity contribution in [3.8, 4) is 5.75 Å². The highest BCUT2D eigenvalue weighted by molar-refractivity contribution is 6.29. The summed E-state index contributed by atoms with van der Waals surface area (Å²) in [6, 6.07) is 16.9. The molecule has 0 unspecified atom stereocenters. The standard InChI is InChI=1S/C30H38ClN5O2/c1-21-19-27(31)34-23(3)29(21)30(37)33-16-12-22(2)35-17-13-25(14-18-35)36(28-7-5-6-15-32-28)20-24-8-10-26(38-4)11-9-24/h5-11,15,19,22,25H,12-14,16-18,20H2,1-4H3,(H,33,37)/t22-/m1/s1. The summed E-state index contributed by atoms with van der Waals surface area (Å²) in [6.07, 6.45) is 4.90. The molecule has 0 aliphatic carbocycles. The molecule has 2 aromatic heterocycles. The van der Waals surface area contributed by atoms with Gasteiger partial charge in [0.05, 0.1) is 18.4 Å². The Kier molecular flexibility index (Phi) is 9.58. The Bertz CT molecular complexity index is 1170. The molecular weight excluding hydrogens is 498 g/mol. The van der Waals surface area contributed by atoms with E-state index < -0.39 is 0 Å². The third kappa shape index (κ3) is 7.03. The summed E-state index contributed by atoms with van der Waals surface area (Å²) in [4.78, 5) is 26.6. The van der Waals surface area contributed by atoms with Crippen molar-refractivity contribution in [2.24, 2.45) is 0 Å². The average Bonchev–Trinajstić information content (AvgIpc) is 2.92. The third-order valence-corrected chi connectivity index (χ3v) is 7.65. The number of methoxy groups -OCH3 is 1. The highest BCUT2D eigenvalue weighted by Gasteiger charge is 2.28. The fraction of sp³-hybridized carbons (Fsp3) is 0.433. The van der Waals surface area contributed by atoms with Crippen molar-refractivity contribution in [3.63, 3.8) is 0 Å². The Labute approximate surface area is 231 Å². The van der Waals surface area contributed by atoms with Gasteiger partial charge < -0.3 is 19.9 Å². The maximum absolute atomic E-state index is 12.8. The van der Waals surface area contributed by atoms with E-state index in [0.717, 1.165) is 56.0 Å². The maximum atomic E-state index is 12.8. The molecule has 1 aliphatic heterocycles. The number of hydrogen-bond donors (Lipinski definition) is 1. The van der Waals surface area contributed by atoms with Gasteiger partial charge in [0.1, 0.15) is 16.7 Å². The lowest BCUT2D eigenvalue weighted by Gasteiger charge is -2.41. The molecule has 8 heteroatoms. The van der Waals surface area contributed by atoms with Crippen molar-refractivity contribution < 1.29 is 9.53 Å². The lowest BCUT2D eigenvalue weighted by molar-refractivity contribution is 0.0943. The van der Waals surface area contributed by atoms with E-state index in [2.05, 4.69) is 56.3 Å². The molecule has 0 spiro atoms. The van der Waals surface area contributed by atoms with Crippen LogP contribution in [0, 0.1) is 13.8 Å². The Balaban J connectivity index is 1.31. The molecule has 3 heterocycles. The second kappa shape index (κ2) is 13.1. The molecule has 0 saturated carbocycles. The first-order valence-electron chi connectivity index (χ1n) is 13.3. The summed E-state index contributed by atoms with van der Waals surface area (Å²) in [5.41, 5.74) is 3.37. The van der Waals surface area contributed by atoms with E-state index in [1.165, 1.54) is 5.56 Å². The summed E-state index contributed by atoms with van der Waals surface area (Å²) in [5.74, 6) is 1.80. The zero-order valence-electron chi connectivity index (χ0n) is 22.8. The van der Waals surface area contributed by atoms with Gasteiger partial charge in [0.2, 0.25) is 0 Å². The number of benzene rings is 1. The Morgan fingerprint density at radius 3 is 2.55 bits per heavy atom. The minimum absolute atomic E-state index is 0.0837. The molecule has 38 heavy (non-hydrogen) atoms. The fourth-order valence-corrected chi connectivity index (χ4v) is 5.57. The Morgan fingerprint density at radius 2 is 1.92 bits per heavy atom. The number of pyridine rings is 2. The second-order valence-corrected chi connectivity index (χ2v) is 10.4. The number of amides is 1. The van der Waals surface area contributed by atoms with Crippen LogP contribution in [0.1, 0.15) is 53.4 Å². The molecule has 202 valence electrons. The molecule has 0 bridgehead atoms. The Hall–Kier alpha value is -3.16. The van der Waals surface area contributed by atoms with Gasteiger partial charge in [-0.05, 0) is 81.5 Å². The van der Waals surface area contributed by atoms with Gasteiger partial charge in [-0.2, -0.15) is 0 Å². The molecule has 4 rings (SSSR count). The lowest BCUT2D eigenvalue weighted by atomic mass is 9.99. The summed E-state index contributed by atoms with van der Waals surface area (Å²) < 4.78 is 5.33. The number of hydrogen-bond acceptors (Lipinski definition) is 6. The largest absolute Gasteiger partial charge is 0.497 e. The van der Waals surface area contributed by atoms with E-state index in [4.69, 9.17) is 16.3 Å². The van der Waals surface area contributed by atoms with Crippen molar-refractivity contribution >= 4 is 23.3 Å². The van der Waals surface area contributed by atoms with E-state index in [1.807, 2.05) is 38.2 Å². The number of halogens is 1. The molecule has 0 radical (unpaired) electrons. The number of likely N-dealkylation sites (tertiary alicyclic amines) is 1. The lowest BCUT2D eigenvalue weighted by Crippen LogP contribution is -2.48. The highest BCUT2D eigenvalue weighted by atomic mass is 35.5. The van der Waals surface area contributed by atoms with Crippen LogP contribution in [-0.4, -0.2) is 59.6 Å². The van der Waals surface area contributed by atoms with Crippen LogP contribution in [0.2, 0.25) is 5.15 Å². The first-order chi connectivity index (χ1) is 18.4. The van der Waals surface area contributed by atoms with Crippen molar-refractivity contribution in [3.05, 3.63) is 82.3 Å². The number of rotatable bonds is 10. The first kappa shape index (κ1) is 27.9. The Morgan fingerprint density at radius 1 is 1.18 bits per heavy atom. The number of carbonyl (C=O) groups excluding carboxylic acids is 1. The van der Waals surface area contributed by atoms with Gasteiger partial charge in [0, 0.05) is 44.5 Å². The molecule has 1 aliphatic rings. The normalized spacial score (nSPS) is 15.2. The third-order valence-electron chi connectivity index (χ3n) is 7.46. The van der Waals surface area contributed by atoms with Crippen molar-refractivity contribution in [2.75, 3.05) is 31.6 Å². The fourth-order valence-electron chi connectivity index (χ4n) is 5.28. The van der Waals surface area contributed by atoms with E-state index in [0.29, 0.717) is 35.0 Å². The summed E-state index contributed by atoms with van der Waals surface area (Å²) in [7, 11) is 1.69. The van der Waals surface area contributed by atoms with Gasteiger partial charge in [-0.15, -0.1) is 0 Å². The highest BCUT2D eigenvalue weighted by Crippen LogP contribution is 2.26. The van der Waals surface area contributed by atoms with Crippen LogP contribution in [0.15, 0.2) is 54.7 Å². The van der Waals surface area contributed by atoms with Crippen LogP contribution in [0.3, 0.4) is 0 Å². The number of anilines is 1. The number of aryl methyl sites for hydroxylation is 2. The van der Waals surface area contributed by atoms with Gasteiger partial charge in [-0.1, -0.05) is 29.8 Å². The van der Waals surface area contributed by atoms with Crippen LogP contribution in [0.5, 0.6) is 5.75 Å². The molecule has 3 aromatic rings. The minimum Gasteiger partial charge on any atom is -0.497 e. The topological polar surface area (TPSA) is 70.6 Å². The molecule has 7 nitrogen and oxygen atoms in total. The molecule has 1 fully saturated rings. The van der Waals surface area contributed by atoms with Gasteiger partial charge in [-0.25, -0.2) is 9.97 Å². The average molecular weight is 536 g/mol. The number of nitrogens with zero attached hydrogens (tertiary/aromatic N) is 4. The second-order valence-electron chi connectivity index (χ2n) is 10.0. The van der Waals surface area contributed by atoms with Gasteiger partial charge >= 0.3 is 0 Å². The SMILES string of the molecule is COc1ccc(CN(c2ccccn2)C2CCN([C@H](C)CCNC(=O)c3c(C)cc(Cl)nc3C)CC2)cc1. The summed E-state index contributed by atoms with van der Waals surface area (Å²) >= 11 is 6.02. The van der Waals surface area contributed by atoms with Crippen LogP contribution in [0.25, 0.3) is 0 Å². The quantitative estimate of drug-likeness (QED) is 0.349. The number of piperidine rings is 1. The maximum Gasteiger partial charge on any atom is 0.253 e. The van der Waals surface area contributed by atoms with Crippen LogP contribution in [0.4, 0.5) is 5.82 Å². The van der Waals surface area contributed by atoms with Crippen LogP contribution in [-0.2, 0) is 6.54 Å². The molecule has 1 atom stereocenters. The smallest absolute Gasteiger partial charge is 0.253 e. The summed E-state index contributed by atoms with van der Waals surface area (Å²) in [6.45, 7) is 9.44. The number of ether oxygens (including phenoxy) is 1. The summed E-state index contributed by atoms with van der Waals surface area (Å²) in [5, 5.41) is 3.50. The van der Waals surface area contributed by atoms with Crippen molar-refractivity contribution in [2.45, 2.75) is 58.7 Å². The van der Waals surface area contributed by atoms with E-state index in [9.17, 15) is 4.79 Å². The van der Waals surface area contributed by atoms with Gasteiger partial charge in [0.25, 0.3) is 5.91 Å². The monoisotopic (exact) mass is 535 g/mol.